The van der Waals surface area contributed by atoms with Gasteiger partial charge in [0.1, 0.15) is 11.7 Å². The number of nitrogens with one attached hydrogen (secondary N) is 2. The topological polar surface area (TPSA) is 53.1 Å². The highest BCUT2D eigenvalue weighted by Gasteiger charge is 2.23. The second-order valence-corrected chi connectivity index (χ2v) is 5.39. The molecule has 23 heavy (non-hydrogen) atoms. The highest BCUT2D eigenvalue weighted by atomic mass is 35.5. The minimum atomic E-state index is -0.859. The zero-order valence-electron chi connectivity index (χ0n) is 11.6. The second-order valence-electron chi connectivity index (χ2n) is 4.98. The Labute approximate surface area is 134 Å². The van der Waals surface area contributed by atoms with Crippen molar-refractivity contribution < 1.29 is 8.78 Å². The molecular weight excluding hydrogens is 322 g/mol. The SMILES string of the molecule is Fc1ccc(Cl)c(F)c1C1=Nc2ccccc2-c2[nH]ncc2N1. The van der Waals surface area contributed by atoms with Crippen molar-refractivity contribution >= 4 is 28.8 Å². The van der Waals surface area contributed by atoms with E-state index in [0.29, 0.717) is 17.1 Å². The molecule has 2 heterocycles. The lowest BCUT2D eigenvalue weighted by atomic mass is 10.1. The summed E-state index contributed by atoms with van der Waals surface area (Å²) in [4.78, 5) is 4.38. The number of rotatable bonds is 1. The lowest BCUT2D eigenvalue weighted by Gasteiger charge is -2.10. The van der Waals surface area contributed by atoms with Gasteiger partial charge in [-0.05, 0) is 18.2 Å². The highest BCUT2D eigenvalue weighted by molar-refractivity contribution is 6.31. The first-order chi connectivity index (χ1) is 11.1. The van der Waals surface area contributed by atoms with Crippen molar-refractivity contribution in [3.63, 3.8) is 0 Å². The Morgan fingerprint density at radius 2 is 1.87 bits per heavy atom. The second kappa shape index (κ2) is 5.17. The number of anilines is 1. The molecule has 1 aromatic heterocycles. The van der Waals surface area contributed by atoms with Gasteiger partial charge in [0.15, 0.2) is 5.82 Å². The number of amidine groups is 1. The van der Waals surface area contributed by atoms with Gasteiger partial charge in [0.25, 0.3) is 0 Å². The van der Waals surface area contributed by atoms with Crippen molar-refractivity contribution in [3.8, 4) is 11.3 Å². The molecule has 0 saturated carbocycles. The van der Waals surface area contributed by atoms with Gasteiger partial charge < -0.3 is 5.32 Å². The Balaban J connectivity index is 1.99. The predicted octanol–water partition coefficient (Wildman–Crippen LogP) is 4.51. The number of halogens is 3. The smallest absolute Gasteiger partial charge is 0.155 e. The van der Waals surface area contributed by atoms with E-state index < -0.39 is 11.6 Å². The third kappa shape index (κ3) is 2.19. The molecule has 7 heteroatoms. The van der Waals surface area contributed by atoms with Gasteiger partial charge in [-0.2, -0.15) is 5.10 Å². The summed E-state index contributed by atoms with van der Waals surface area (Å²) in [6.07, 6.45) is 1.54. The molecule has 0 fully saturated rings. The molecule has 2 N–H and O–H groups in total. The van der Waals surface area contributed by atoms with E-state index in [0.717, 1.165) is 11.6 Å². The van der Waals surface area contributed by atoms with Gasteiger partial charge in [-0.25, -0.2) is 13.8 Å². The maximum atomic E-state index is 14.3. The Hall–Kier alpha value is -2.73. The summed E-state index contributed by atoms with van der Waals surface area (Å²) < 4.78 is 28.5. The molecule has 0 radical (unpaired) electrons. The summed E-state index contributed by atoms with van der Waals surface area (Å²) >= 11 is 5.78. The van der Waals surface area contributed by atoms with Gasteiger partial charge in [-0.1, -0.05) is 29.8 Å². The van der Waals surface area contributed by atoms with Crippen LogP contribution in [0.2, 0.25) is 5.02 Å². The zero-order chi connectivity index (χ0) is 16.0. The van der Waals surface area contributed by atoms with Crippen molar-refractivity contribution in [1.29, 1.82) is 0 Å². The summed E-state index contributed by atoms with van der Waals surface area (Å²) in [6.45, 7) is 0. The number of nitrogens with zero attached hydrogens (tertiary/aromatic N) is 2. The predicted molar refractivity (Wildman–Crippen MR) is 85.2 cm³/mol. The van der Waals surface area contributed by atoms with Gasteiger partial charge in [0.05, 0.1) is 33.9 Å². The lowest BCUT2D eigenvalue weighted by Crippen LogP contribution is -2.16. The van der Waals surface area contributed by atoms with E-state index in [1.807, 2.05) is 12.1 Å². The number of fused-ring (bicyclic) bond motifs is 3. The molecule has 2 aromatic carbocycles. The Morgan fingerprint density at radius 3 is 2.74 bits per heavy atom. The van der Waals surface area contributed by atoms with Crippen LogP contribution >= 0.6 is 11.6 Å². The maximum absolute atomic E-state index is 14.3. The molecule has 4 nitrogen and oxygen atoms in total. The van der Waals surface area contributed by atoms with E-state index in [2.05, 4.69) is 20.5 Å². The first-order valence-electron chi connectivity index (χ1n) is 6.77. The van der Waals surface area contributed by atoms with Crippen molar-refractivity contribution in [2.24, 2.45) is 4.99 Å². The molecule has 4 rings (SSSR count). The maximum Gasteiger partial charge on any atom is 0.155 e. The van der Waals surface area contributed by atoms with Crippen molar-refractivity contribution in [2.75, 3.05) is 5.32 Å². The van der Waals surface area contributed by atoms with Crippen LogP contribution in [0.5, 0.6) is 0 Å². The molecule has 0 saturated heterocycles. The third-order valence-electron chi connectivity index (χ3n) is 3.58. The molecule has 114 valence electrons. The number of aromatic nitrogens is 2. The zero-order valence-corrected chi connectivity index (χ0v) is 12.3. The summed E-state index contributed by atoms with van der Waals surface area (Å²) in [5.74, 6) is -1.57. The van der Waals surface area contributed by atoms with Gasteiger partial charge >= 0.3 is 0 Å². The molecule has 0 aliphatic carbocycles. The number of hydrogen-bond acceptors (Lipinski definition) is 3. The van der Waals surface area contributed by atoms with E-state index in [9.17, 15) is 8.78 Å². The molecule has 0 bridgehead atoms. The monoisotopic (exact) mass is 330 g/mol. The van der Waals surface area contributed by atoms with Gasteiger partial charge in [0.2, 0.25) is 0 Å². The molecule has 1 aliphatic rings. The van der Waals surface area contributed by atoms with E-state index in [1.165, 1.54) is 12.3 Å². The van der Waals surface area contributed by atoms with Gasteiger partial charge in [0, 0.05) is 5.56 Å². The van der Waals surface area contributed by atoms with Crippen LogP contribution in [0.3, 0.4) is 0 Å². The van der Waals surface area contributed by atoms with Crippen LogP contribution in [0.25, 0.3) is 11.3 Å². The van der Waals surface area contributed by atoms with Crippen LogP contribution < -0.4 is 5.32 Å². The van der Waals surface area contributed by atoms with E-state index in [-0.39, 0.29) is 16.4 Å². The molecular formula is C16H9ClF2N4. The van der Waals surface area contributed by atoms with E-state index >= 15 is 0 Å². The standard InChI is InChI=1S/C16H9ClF2N4/c17-9-5-6-10(18)13(14(9)19)16-21-11-4-2-1-3-8(11)15-12(22-16)7-20-23-15/h1-7H,(H,20,23)(H,21,22). The molecule has 0 amide bonds. The van der Waals surface area contributed by atoms with Crippen LogP contribution in [0.15, 0.2) is 47.6 Å². The van der Waals surface area contributed by atoms with Crippen LogP contribution in [-0.4, -0.2) is 16.0 Å². The number of aliphatic imine (C=N–C) groups is 1. The van der Waals surface area contributed by atoms with Crippen molar-refractivity contribution in [1.82, 2.24) is 10.2 Å². The van der Waals surface area contributed by atoms with Gasteiger partial charge in [-0.3, -0.25) is 5.10 Å². The first kappa shape index (κ1) is 13.9. The molecule has 0 atom stereocenters. The number of hydrogen-bond donors (Lipinski definition) is 2. The molecule has 0 spiro atoms. The quantitative estimate of drug-likeness (QED) is 0.645. The van der Waals surface area contributed by atoms with Crippen molar-refractivity contribution in [3.05, 3.63) is 64.8 Å². The van der Waals surface area contributed by atoms with Crippen LogP contribution in [0.1, 0.15) is 5.56 Å². The average molecular weight is 331 g/mol. The van der Waals surface area contributed by atoms with Crippen molar-refractivity contribution in [2.45, 2.75) is 0 Å². The summed E-state index contributed by atoms with van der Waals surface area (Å²) in [5, 5.41) is 9.60. The number of benzene rings is 2. The van der Waals surface area contributed by atoms with Gasteiger partial charge in [-0.15, -0.1) is 0 Å². The third-order valence-corrected chi connectivity index (χ3v) is 3.87. The minimum absolute atomic E-state index is 0.0371. The lowest BCUT2D eigenvalue weighted by molar-refractivity contribution is 0.579. The Morgan fingerprint density at radius 1 is 1.04 bits per heavy atom. The fraction of sp³-hybridized carbons (Fsp3) is 0. The first-order valence-corrected chi connectivity index (χ1v) is 7.15. The summed E-state index contributed by atoms with van der Waals surface area (Å²) in [6, 6.07) is 9.54. The number of aromatic amines is 1. The molecule has 0 unspecified atom stereocenters. The van der Waals surface area contributed by atoms with Crippen LogP contribution in [-0.2, 0) is 0 Å². The Kier molecular flexibility index (Phi) is 3.12. The fourth-order valence-electron chi connectivity index (χ4n) is 2.51. The fourth-order valence-corrected chi connectivity index (χ4v) is 2.66. The summed E-state index contributed by atoms with van der Waals surface area (Å²) in [7, 11) is 0. The molecule has 1 aliphatic heterocycles. The van der Waals surface area contributed by atoms with Crippen LogP contribution in [0.4, 0.5) is 20.2 Å². The minimum Gasteiger partial charge on any atom is -0.336 e. The van der Waals surface area contributed by atoms with Crippen LogP contribution in [0, 0.1) is 11.6 Å². The van der Waals surface area contributed by atoms with E-state index in [1.54, 1.807) is 12.1 Å². The number of H-pyrrole nitrogens is 1. The summed E-state index contributed by atoms with van der Waals surface area (Å²) in [5.41, 5.74) is 2.32. The highest BCUT2D eigenvalue weighted by Crippen LogP contribution is 2.37. The Bertz CT molecular complexity index is 949. The van der Waals surface area contributed by atoms with E-state index in [4.69, 9.17) is 11.6 Å². The molecule has 3 aromatic rings. The largest absolute Gasteiger partial charge is 0.336 e. The number of para-hydroxylation sites is 1. The average Bonchev–Trinajstić information content (AvgIpc) is 2.94. The normalized spacial score (nSPS) is 12.7.